The number of rotatable bonds is 5. The van der Waals surface area contributed by atoms with Crippen molar-refractivity contribution >= 4 is 17.7 Å². The first-order valence-electron chi connectivity index (χ1n) is 6.76. The molecule has 6 heteroatoms. The Morgan fingerprint density at radius 1 is 1.38 bits per heavy atom. The maximum atomic E-state index is 11.8. The summed E-state index contributed by atoms with van der Waals surface area (Å²) >= 11 is 0. The second kappa shape index (κ2) is 6.69. The number of carbonyl (C=O) groups is 1. The highest BCUT2D eigenvalue weighted by Crippen LogP contribution is 2.05. The molecule has 0 bridgehead atoms. The lowest BCUT2D eigenvalue weighted by Gasteiger charge is -2.07. The lowest BCUT2D eigenvalue weighted by molar-refractivity contribution is -0.111. The van der Waals surface area contributed by atoms with Crippen LogP contribution in [-0.2, 0) is 18.4 Å². The van der Waals surface area contributed by atoms with Crippen molar-refractivity contribution in [3.63, 3.8) is 0 Å². The Labute approximate surface area is 122 Å². The fourth-order valence-corrected chi connectivity index (χ4v) is 1.90. The quantitative estimate of drug-likeness (QED) is 0.850. The molecule has 21 heavy (non-hydrogen) atoms. The van der Waals surface area contributed by atoms with E-state index in [2.05, 4.69) is 10.4 Å². The van der Waals surface area contributed by atoms with Crippen LogP contribution in [0.1, 0.15) is 18.9 Å². The molecule has 0 fully saturated rings. The van der Waals surface area contributed by atoms with E-state index in [1.165, 1.54) is 12.1 Å². The van der Waals surface area contributed by atoms with Gasteiger partial charge < -0.3 is 9.88 Å². The summed E-state index contributed by atoms with van der Waals surface area (Å²) in [5.74, 6) is -0.249. The maximum Gasteiger partial charge on any atom is 0.250 e. The number of aromatic nitrogens is 3. The topological polar surface area (TPSA) is 68.9 Å². The number of aryl methyl sites for hydroxylation is 2. The highest BCUT2D eigenvalue weighted by molar-refractivity contribution is 6.01. The molecule has 0 spiro atoms. The molecule has 0 unspecified atom stereocenters. The van der Waals surface area contributed by atoms with E-state index in [9.17, 15) is 9.59 Å². The molecule has 110 valence electrons. The molecule has 6 nitrogen and oxygen atoms in total. The third kappa shape index (κ3) is 4.17. The third-order valence-corrected chi connectivity index (χ3v) is 2.87. The van der Waals surface area contributed by atoms with Crippen LogP contribution in [0.15, 0.2) is 41.6 Å². The number of nitrogens with zero attached hydrogens (tertiary/aromatic N) is 3. The van der Waals surface area contributed by atoms with Crippen LogP contribution in [-0.4, -0.2) is 20.3 Å². The van der Waals surface area contributed by atoms with E-state index in [0.717, 1.165) is 12.0 Å². The van der Waals surface area contributed by atoms with Crippen LogP contribution in [0, 0.1) is 0 Å². The predicted octanol–water partition coefficient (Wildman–Crippen LogP) is 1.64. The van der Waals surface area contributed by atoms with Crippen LogP contribution in [0.25, 0.3) is 6.08 Å². The Hall–Kier alpha value is -2.63. The molecule has 0 aliphatic carbocycles. The summed E-state index contributed by atoms with van der Waals surface area (Å²) in [6, 6.07) is 3.06. The van der Waals surface area contributed by atoms with E-state index in [4.69, 9.17) is 0 Å². The first-order valence-corrected chi connectivity index (χ1v) is 6.76. The van der Waals surface area contributed by atoms with Gasteiger partial charge in [-0.15, -0.1) is 0 Å². The third-order valence-electron chi connectivity index (χ3n) is 2.87. The maximum absolute atomic E-state index is 11.8. The van der Waals surface area contributed by atoms with Crippen LogP contribution in [0.2, 0.25) is 0 Å². The van der Waals surface area contributed by atoms with Gasteiger partial charge >= 0.3 is 0 Å². The SMILES string of the molecule is CCCn1cc(NC(=O)/C=C\c2cnn(C)c2)ccc1=O. The van der Waals surface area contributed by atoms with Crippen molar-refractivity contribution in [2.45, 2.75) is 19.9 Å². The summed E-state index contributed by atoms with van der Waals surface area (Å²) in [5, 5.41) is 6.75. The van der Waals surface area contributed by atoms with Crippen molar-refractivity contribution in [1.29, 1.82) is 0 Å². The molecule has 0 radical (unpaired) electrons. The van der Waals surface area contributed by atoms with Crippen molar-refractivity contribution in [3.8, 4) is 0 Å². The molecule has 2 rings (SSSR count). The zero-order valence-electron chi connectivity index (χ0n) is 12.1. The van der Waals surface area contributed by atoms with E-state index in [-0.39, 0.29) is 11.5 Å². The number of carbonyl (C=O) groups excluding carboxylic acids is 1. The number of anilines is 1. The van der Waals surface area contributed by atoms with Crippen LogP contribution in [0.3, 0.4) is 0 Å². The molecule has 2 heterocycles. The molecule has 0 saturated carbocycles. The number of amides is 1. The molecule has 0 atom stereocenters. The zero-order valence-corrected chi connectivity index (χ0v) is 12.1. The van der Waals surface area contributed by atoms with Gasteiger partial charge in [-0.25, -0.2) is 0 Å². The number of nitrogens with one attached hydrogen (secondary N) is 1. The van der Waals surface area contributed by atoms with E-state index < -0.39 is 0 Å². The van der Waals surface area contributed by atoms with Gasteiger partial charge in [-0.05, 0) is 18.6 Å². The molecule has 2 aromatic rings. The summed E-state index contributed by atoms with van der Waals surface area (Å²) in [6.45, 7) is 2.63. The average Bonchev–Trinajstić information content (AvgIpc) is 2.86. The molecule has 0 aliphatic rings. The Morgan fingerprint density at radius 3 is 2.86 bits per heavy atom. The number of hydrogen-bond donors (Lipinski definition) is 1. The second-order valence-corrected chi connectivity index (χ2v) is 4.72. The summed E-state index contributed by atoms with van der Waals surface area (Å²) in [5.41, 5.74) is 1.38. The van der Waals surface area contributed by atoms with Gasteiger partial charge in [0, 0.05) is 43.7 Å². The van der Waals surface area contributed by atoms with Crippen molar-refractivity contribution < 1.29 is 4.79 Å². The minimum absolute atomic E-state index is 0.0687. The lowest BCUT2D eigenvalue weighted by Crippen LogP contribution is -2.19. The highest BCUT2D eigenvalue weighted by atomic mass is 16.1. The fraction of sp³-hybridized carbons (Fsp3) is 0.267. The lowest BCUT2D eigenvalue weighted by atomic mass is 10.3. The number of hydrogen-bond acceptors (Lipinski definition) is 3. The van der Waals surface area contributed by atoms with Gasteiger partial charge in [0.1, 0.15) is 0 Å². The largest absolute Gasteiger partial charge is 0.321 e. The predicted molar refractivity (Wildman–Crippen MR) is 81.9 cm³/mol. The van der Waals surface area contributed by atoms with Gasteiger partial charge in [-0.1, -0.05) is 6.92 Å². The summed E-state index contributed by atoms with van der Waals surface area (Å²) in [7, 11) is 1.81. The summed E-state index contributed by atoms with van der Waals surface area (Å²) < 4.78 is 3.25. The molecule has 0 aromatic carbocycles. The molecule has 1 amide bonds. The van der Waals surface area contributed by atoms with Crippen LogP contribution >= 0.6 is 0 Å². The van der Waals surface area contributed by atoms with E-state index >= 15 is 0 Å². The molecule has 0 saturated heterocycles. The Morgan fingerprint density at radius 2 is 2.19 bits per heavy atom. The van der Waals surface area contributed by atoms with Crippen LogP contribution < -0.4 is 10.9 Å². The van der Waals surface area contributed by atoms with E-state index in [0.29, 0.717) is 12.2 Å². The minimum atomic E-state index is -0.249. The standard InChI is InChI=1S/C15H18N4O2/c1-3-8-19-11-13(5-7-15(19)21)17-14(20)6-4-12-9-16-18(2)10-12/h4-7,9-11H,3,8H2,1-2H3,(H,17,20)/b6-4-. The van der Waals surface area contributed by atoms with Gasteiger partial charge in [0.15, 0.2) is 0 Å². The average molecular weight is 286 g/mol. The fourth-order valence-electron chi connectivity index (χ4n) is 1.90. The molecular weight excluding hydrogens is 268 g/mol. The van der Waals surface area contributed by atoms with Gasteiger partial charge in [0.2, 0.25) is 5.91 Å². The van der Waals surface area contributed by atoms with Crippen LogP contribution in [0.4, 0.5) is 5.69 Å². The normalized spacial score (nSPS) is 11.0. The summed E-state index contributed by atoms with van der Waals surface area (Å²) in [6.07, 6.45) is 9.12. The van der Waals surface area contributed by atoms with Gasteiger partial charge in [0.25, 0.3) is 5.56 Å². The Balaban J connectivity index is 2.04. The van der Waals surface area contributed by atoms with Gasteiger partial charge in [-0.3, -0.25) is 14.3 Å². The number of pyridine rings is 1. The van der Waals surface area contributed by atoms with E-state index in [1.54, 1.807) is 33.8 Å². The first kappa shape index (κ1) is 14.8. The van der Waals surface area contributed by atoms with E-state index in [1.807, 2.05) is 20.2 Å². The molecule has 2 aromatic heterocycles. The molecular formula is C15H18N4O2. The second-order valence-electron chi connectivity index (χ2n) is 4.72. The minimum Gasteiger partial charge on any atom is -0.321 e. The monoisotopic (exact) mass is 286 g/mol. The van der Waals surface area contributed by atoms with Gasteiger partial charge in [0.05, 0.1) is 11.9 Å². The van der Waals surface area contributed by atoms with Crippen molar-refractivity contribution in [2.24, 2.45) is 7.05 Å². The Bertz CT molecular complexity index is 712. The highest BCUT2D eigenvalue weighted by Gasteiger charge is 2.01. The van der Waals surface area contributed by atoms with Crippen LogP contribution in [0.5, 0.6) is 0 Å². The van der Waals surface area contributed by atoms with Crippen molar-refractivity contribution in [1.82, 2.24) is 14.3 Å². The van der Waals surface area contributed by atoms with Gasteiger partial charge in [-0.2, -0.15) is 5.10 Å². The Kier molecular flexibility index (Phi) is 4.71. The van der Waals surface area contributed by atoms with Crippen molar-refractivity contribution in [2.75, 3.05) is 5.32 Å². The smallest absolute Gasteiger partial charge is 0.250 e. The molecule has 1 N–H and O–H groups in total. The molecule has 0 aliphatic heterocycles. The zero-order chi connectivity index (χ0) is 15.2. The summed E-state index contributed by atoms with van der Waals surface area (Å²) in [4.78, 5) is 23.4. The first-order chi connectivity index (χ1) is 10.1. The van der Waals surface area contributed by atoms with Crippen molar-refractivity contribution in [3.05, 3.63) is 52.7 Å².